The quantitative estimate of drug-likeness (QED) is 0.199. The van der Waals surface area contributed by atoms with Gasteiger partial charge in [0.05, 0.1) is 12.1 Å². The van der Waals surface area contributed by atoms with Crippen LogP contribution in [0.25, 0.3) is 21.0 Å². The molecule has 1 aliphatic heterocycles. The van der Waals surface area contributed by atoms with Gasteiger partial charge in [0, 0.05) is 27.9 Å². The molecule has 4 aromatic rings. The van der Waals surface area contributed by atoms with Crippen molar-refractivity contribution in [3.8, 4) is 5.75 Å². The number of aromatic amines is 1. The average Bonchev–Trinajstić information content (AvgIpc) is 3.34. The Balaban J connectivity index is 1.33. The van der Waals surface area contributed by atoms with Crippen LogP contribution in [0.5, 0.6) is 5.75 Å². The number of H-pyrrole nitrogens is 1. The van der Waals surface area contributed by atoms with Crippen molar-refractivity contribution >= 4 is 101 Å². The lowest BCUT2D eigenvalue weighted by Crippen LogP contribution is -2.92. The molecule has 0 amide bonds. The minimum absolute atomic E-state index is 0.0880. The van der Waals surface area contributed by atoms with Gasteiger partial charge < -0.3 is 19.5 Å². The van der Waals surface area contributed by atoms with Crippen LogP contribution in [-0.2, 0) is 0 Å². The molecule has 1 aliphatic rings. The SMILES string of the molecule is BC1(B)N(CCCCOc2ccc3ccc(=O)[nH]c3c2)C(B)(B)C(B)(B)N(c2cccc3sccc23)C1(B)B. The molecular formula is C25H35B8N3O2S. The summed E-state index contributed by atoms with van der Waals surface area (Å²) in [6, 6.07) is 18.3. The van der Waals surface area contributed by atoms with Gasteiger partial charge in [-0.05, 0) is 87.9 Å². The molecule has 5 rings (SSSR count). The van der Waals surface area contributed by atoms with E-state index in [1.165, 1.54) is 15.8 Å². The standard InChI is InChI=1S/C25H35B8N3O2S/c26-22(27)24(30,31)36(19-4-3-5-20-17(19)10-13-39-20)25(32,33)23(28,29)35(22)11-1-2-12-38-16-8-6-15-7-9-21(37)34-18(15)14-16/h3-10,13-14H,1-2,11-12,26-33H2,(H,34,37). The fraction of sp³-hybridized carbons (Fsp3) is 0.320. The summed E-state index contributed by atoms with van der Waals surface area (Å²) in [7, 11) is 19.3. The third kappa shape index (κ3) is 4.61. The summed E-state index contributed by atoms with van der Waals surface area (Å²) in [5.41, 5.74) is 2.04. The van der Waals surface area contributed by atoms with Crippen molar-refractivity contribution in [2.24, 2.45) is 0 Å². The van der Waals surface area contributed by atoms with Crippen molar-refractivity contribution in [3.05, 3.63) is 70.3 Å². The molecule has 0 unspecified atom stereocenters. The highest BCUT2D eigenvalue weighted by Crippen LogP contribution is 2.47. The molecule has 0 atom stereocenters. The van der Waals surface area contributed by atoms with Crippen molar-refractivity contribution in [2.75, 3.05) is 18.1 Å². The highest BCUT2D eigenvalue weighted by molar-refractivity contribution is 7.17. The topological polar surface area (TPSA) is 48.6 Å². The first-order valence-electron chi connectivity index (χ1n) is 14.1. The van der Waals surface area contributed by atoms with Crippen molar-refractivity contribution in [3.63, 3.8) is 0 Å². The molecule has 2 aromatic carbocycles. The summed E-state index contributed by atoms with van der Waals surface area (Å²) in [5, 5.41) is 4.14. The number of pyridine rings is 1. The highest BCUT2D eigenvalue weighted by Gasteiger charge is 2.61. The maximum atomic E-state index is 11.7. The Morgan fingerprint density at radius 1 is 0.821 bits per heavy atom. The first-order valence-corrected chi connectivity index (χ1v) is 15.0. The van der Waals surface area contributed by atoms with E-state index in [1.807, 2.05) is 35.6 Å². The summed E-state index contributed by atoms with van der Waals surface area (Å²) in [6.07, 6.45) is 2.01. The Hall–Kier alpha value is -2.31. The monoisotopic (exact) mass is 529 g/mol. The van der Waals surface area contributed by atoms with Crippen LogP contribution in [0.15, 0.2) is 64.8 Å². The number of benzene rings is 2. The molecule has 1 N–H and O–H groups in total. The predicted octanol–water partition coefficient (Wildman–Crippen LogP) is -3.60. The van der Waals surface area contributed by atoms with Crippen LogP contribution >= 0.6 is 11.3 Å². The molecule has 0 bridgehead atoms. The molecule has 192 valence electrons. The number of piperazine rings is 1. The number of nitrogens with one attached hydrogen (secondary N) is 1. The van der Waals surface area contributed by atoms with E-state index in [1.54, 1.807) is 6.07 Å². The number of aromatic nitrogens is 1. The maximum Gasteiger partial charge on any atom is 0.248 e. The second kappa shape index (κ2) is 9.95. The molecule has 39 heavy (non-hydrogen) atoms. The van der Waals surface area contributed by atoms with E-state index in [-0.39, 0.29) is 26.9 Å². The minimum Gasteiger partial charge on any atom is -0.494 e. The van der Waals surface area contributed by atoms with Gasteiger partial charge in [-0.2, -0.15) is 0 Å². The summed E-state index contributed by atoms with van der Waals surface area (Å²) in [4.78, 5) is 20.0. The number of rotatable bonds is 7. The third-order valence-corrected chi connectivity index (χ3v) is 10.8. The predicted molar refractivity (Wildman–Crippen MR) is 190 cm³/mol. The van der Waals surface area contributed by atoms with Crippen LogP contribution in [0.2, 0.25) is 0 Å². The molecule has 5 nitrogen and oxygen atoms in total. The van der Waals surface area contributed by atoms with Crippen LogP contribution in [0, 0.1) is 0 Å². The summed E-state index contributed by atoms with van der Waals surface area (Å²) < 4.78 is 7.43. The van der Waals surface area contributed by atoms with E-state index in [2.05, 4.69) is 107 Å². The number of anilines is 1. The van der Waals surface area contributed by atoms with Gasteiger partial charge in [0.15, 0.2) is 0 Å². The van der Waals surface area contributed by atoms with Crippen molar-refractivity contribution in [1.82, 2.24) is 9.88 Å². The first-order chi connectivity index (χ1) is 18.3. The Labute approximate surface area is 243 Å². The molecule has 0 aliphatic carbocycles. The minimum atomic E-state index is -0.124. The van der Waals surface area contributed by atoms with Crippen LogP contribution < -0.4 is 15.2 Å². The van der Waals surface area contributed by atoms with E-state index >= 15 is 0 Å². The molecule has 0 radical (unpaired) electrons. The van der Waals surface area contributed by atoms with Crippen LogP contribution in [0.1, 0.15) is 12.8 Å². The van der Waals surface area contributed by atoms with Gasteiger partial charge in [0.1, 0.15) is 68.5 Å². The Morgan fingerprint density at radius 3 is 2.23 bits per heavy atom. The molecule has 2 aromatic heterocycles. The lowest BCUT2D eigenvalue weighted by Gasteiger charge is -2.75. The number of unbranched alkanes of at least 4 members (excludes halogenated alkanes) is 1. The van der Waals surface area contributed by atoms with Gasteiger partial charge in [0.25, 0.3) is 0 Å². The number of hydrogen-bond acceptors (Lipinski definition) is 5. The number of hydrogen-bond donors (Lipinski definition) is 1. The second-order valence-electron chi connectivity index (χ2n) is 13.0. The van der Waals surface area contributed by atoms with Crippen LogP contribution in [0.3, 0.4) is 0 Å². The van der Waals surface area contributed by atoms with Crippen molar-refractivity contribution in [1.29, 1.82) is 0 Å². The van der Waals surface area contributed by atoms with Gasteiger partial charge >= 0.3 is 0 Å². The molecule has 3 heterocycles. The summed E-state index contributed by atoms with van der Waals surface area (Å²) >= 11 is 1.82. The molecule has 0 saturated carbocycles. The van der Waals surface area contributed by atoms with Gasteiger partial charge in [-0.15, -0.1) is 11.3 Å². The van der Waals surface area contributed by atoms with E-state index in [4.69, 9.17) is 4.74 Å². The Bertz CT molecular complexity index is 1540. The highest BCUT2D eigenvalue weighted by atomic mass is 32.1. The Kier molecular flexibility index (Phi) is 7.20. The van der Waals surface area contributed by atoms with Crippen molar-refractivity contribution < 1.29 is 4.74 Å². The smallest absolute Gasteiger partial charge is 0.248 e. The normalized spacial score (nSPS) is 19.7. The van der Waals surface area contributed by atoms with Gasteiger partial charge in [0.2, 0.25) is 5.56 Å². The van der Waals surface area contributed by atoms with Gasteiger partial charge in [-0.3, -0.25) is 4.79 Å². The maximum absolute atomic E-state index is 11.7. The lowest BCUT2D eigenvalue weighted by atomic mass is 9.26. The third-order valence-electron chi connectivity index (χ3n) is 9.92. The molecule has 1 saturated heterocycles. The number of thiophene rings is 1. The van der Waals surface area contributed by atoms with Crippen molar-refractivity contribution in [2.45, 2.75) is 34.2 Å². The average molecular weight is 528 g/mol. The number of fused-ring (bicyclic) bond motifs is 2. The fourth-order valence-corrected chi connectivity index (χ4v) is 7.53. The lowest BCUT2D eigenvalue weighted by molar-refractivity contribution is 0.103. The van der Waals surface area contributed by atoms with E-state index in [0.717, 1.165) is 36.0 Å². The fourth-order valence-electron chi connectivity index (χ4n) is 6.72. The van der Waals surface area contributed by atoms with Crippen LogP contribution in [-0.4, -0.2) is 107 Å². The zero-order chi connectivity index (χ0) is 28.2. The molecule has 14 heteroatoms. The van der Waals surface area contributed by atoms with E-state index in [9.17, 15) is 4.79 Å². The number of ether oxygens (including phenoxy) is 1. The zero-order valence-corrected chi connectivity index (χ0v) is 25.5. The largest absolute Gasteiger partial charge is 0.494 e. The second-order valence-corrected chi connectivity index (χ2v) is 13.9. The first kappa shape index (κ1) is 28.2. The van der Waals surface area contributed by atoms with E-state index < -0.39 is 0 Å². The molecular weight excluding hydrogens is 493 g/mol. The van der Waals surface area contributed by atoms with Gasteiger partial charge in [-0.1, -0.05) is 6.07 Å². The molecule has 1 fully saturated rings. The molecule has 0 spiro atoms. The van der Waals surface area contributed by atoms with Gasteiger partial charge in [-0.25, -0.2) is 0 Å². The zero-order valence-electron chi connectivity index (χ0n) is 24.7. The Morgan fingerprint density at radius 2 is 1.51 bits per heavy atom. The van der Waals surface area contributed by atoms with Crippen LogP contribution in [0.4, 0.5) is 5.69 Å². The van der Waals surface area contributed by atoms with E-state index in [0.29, 0.717) is 6.61 Å². The summed E-state index contributed by atoms with van der Waals surface area (Å²) in [6.45, 7) is 1.65. The summed E-state index contributed by atoms with van der Waals surface area (Å²) in [5.74, 6) is 0.795. The number of nitrogens with zero attached hydrogens (tertiary/aromatic N) is 2.